The first-order valence-corrected chi connectivity index (χ1v) is 4.90. The maximum Gasteiger partial charge on any atom is 0.178 e. The van der Waals surface area contributed by atoms with Gasteiger partial charge in [-0.05, 0) is 25.1 Å². The molecule has 0 aromatic heterocycles. The molecule has 1 heterocycles. The predicted molar refractivity (Wildman–Crippen MR) is 51.9 cm³/mol. The van der Waals surface area contributed by atoms with E-state index < -0.39 is 11.7 Å². The van der Waals surface area contributed by atoms with Crippen LogP contribution in [0.25, 0.3) is 0 Å². The van der Waals surface area contributed by atoms with E-state index in [0.717, 1.165) is 4.47 Å². The summed E-state index contributed by atoms with van der Waals surface area (Å²) in [5.74, 6) is -0.339. The van der Waals surface area contributed by atoms with Crippen molar-refractivity contribution in [2.45, 2.75) is 18.6 Å². The summed E-state index contributed by atoms with van der Waals surface area (Å²) in [5, 5.41) is 8.65. The Labute approximate surface area is 89.4 Å². The highest BCUT2D eigenvalue weighted by molar-refractivity contribution is 9.10. The molecular weight excluding hydrogens is 249 g/mol. The van der Waals surface area contributed by atoms with Gasteiger partial charge in [0.15, 0.2) is 6.10 Å². The van der Waals surface area contributed by atoms with E-state index >= 15 is 0 Å². The zero-order valence-corrected chi connectivity index (χ0v) is 9.01. The third-order valence-electron chi connectivity index (χ3n) is 2.39. The number of epoxide rings is 1. The number of hydrogen-bond acceptors (Lipinski definition) is 2. The van der Waals surface area contributed by atoms with Crippen molar-refractivity contribution in [1.29, 1.82) is 5.26 Å². The van der Waals surface area contributed by atoms with E-state index in [1.807, 2.05) is 6.07 Å². The van der Waals surface area contributed by atoms with Gasteiger partial charge in [0.1, 0.15) is 11.4 Å². The molecule has 2 nitrogen and oxygen atoms in total. The Bertz CT molecular complexity index is 429. The molecule has 2 unspecified atom stereocenters. The van der Waals surface area contributed by atoms with Crippen molar-refractivity contribution in [3.63, 3.8) is 0 Å². The van der Waals surface area contributed by atoms with E-state index in [-0.39, 0.29) is 5.82 Å². The number of nitriles is 1. The number of nitrogens with zero attached hydrogens (tertiary/aromatic N) is 1. The summed E-state index contributed by atoms with van der Waals surface area (Å²) in [6.45, 7) is 1.71. The molecule has 2 rings (SSSR count). The topological polar surface area (TPSA) is 36.3 Å². The maximum atomic E-state index is 13.4. The SMILES string of the molecule is CC1(c2cc(Br)ccc2F)OC1C#N. The van der Waals surface area contributed by atoms with Crippen LogP contribution in [0.5, 0.6) is 0 Å². The average Bonchev–Trinajstić information content (AvgIpc) is 2.83. The van der Waals surface area contributed by atoms with E-state index in [4.69, 9.17) is 10.00 Å². The fourth-order valence-corrected chi connectivity index (χ4v) is 1.80. The van der Waals surface area contributed by atoms with E-state index in [2.05, 4.69) is 15.9 Å². The van der Waals surface area contributed by atoms with Gasteiger partial charge in [0.05, 0.1) is 6.07 Å². The Hall–Kier alpha value is -0.920. The van der Waals surface area contributed by atoms with Crippen LogP contribution in [0.1, 0.15) is 12.5 Å². The number of benzene rings is 1. The molecule has 0 N–H and O–H groups in total. The lowest BCUT2D eigenvalue weighted by Gasteiger charge is -2.07. The first kappa shape index (κ1) is 9.63. The van der Waals surface area contributed by atoms with Gasteiger partial charge in [-0.1, -0.05) is 15.9 Å². The molecule has 1 aliphatic heterocycles. The molecule has 1 aliphatic rings. The lowest BCUT2D eigenvalue weighted by Crippen LogP contribution is -2.09. The molecule has 0 amide bonds. The molecular formula is C10H7BrFNO. The van der Waals surface area contributed by atoms with Gasteiger partial charge in [0.25, 0.3) is 0 Å². The van der Waals surface area contributed by atoms with Crippen LogP contribution in [0, 0.1) is 17.1 Å². The summed E-state index contributed by atoms with van der Waals surface area (Å²) in [4.78, 5) is 0. The number of halogens is 2. The Balaban J connectivity index is 2.44. The summed E-state index contributed by atoms with van der Waals surface area (Å²) >= 11 is 3.25. The van der Waals surface area contributed by atoms with Crippen LogP contribution < -0.4 is 0 Å². The van der Waals surface area contributed by atoms with Crippen LogP contribution in [-0.2, 0) is 10.3 Å². The van der Waals surface area contributed by atoms with Crippen molar-refractivity contribution in [2.75, 3.05) is 0 Å². The molecule has 1 aromatic rings. The van der Waals surface area contributed by atoms with Gasteiger partial charge >= 0.3 is 0 Å². The number of hydrogen-bond donors (Lipinski definition) is 0. The smallest absolute Gasteiger partial charge is 0.178 e. The highest BCUT2D eigenvalue weighted by atomic mass is 79.9. The van der Waals surface area contributed by atoms with E-state index in [0.29, 0.717) is 5.56 Å². The van der Waals surface area contributed by atoms with Crippen LogP contribution in [0.2, 0.25) is 0 Å². The van der Waals surface area contributed by atoms with Gasteiger partial charge in [-0.2, -0.15) is 5.26 Å². The van der Waals surface area contributed by atoms with Crippen LogP contribution in [0.3, 0.4) is 0 Å². The second kappa shape index (κ2) is 3.04. The van der Waals surface area contributed by atoms with E-state index in [9.17, 15) is 4.39 Å². The molecule has 0 aliphatic carbocycles. The first-order chi connectivity index (χ1) is 6.58. The maximum absolute atomic E-state index is 13.4. The standard InChI is InChI=1S/C10H7BrFNO/c1-10(9(5-13)14-10)7-4-6(11)2-3-8(7)12/h2-4,9H,1H3. The Morgan fingerprint density at radius 3 is 2.93 bits per heavy atom. The number of ether oxygens (including phenoxy) is 1. The molecule has 72 valence electrons. The Kier molecular flexibility index (Phi) is 2.09. The van der Waals surface area contributed by atoms with Crippen molar-refractivity contribution in [3.8, 4) is 6.07 Å². The first-order valence-electron chi connectivity index (χ1n) is 4.11. The number of rotatable bonds is 1. The highest BCUT2D eigenvalue weighted by Crippen LogP contribution is 2.46. The molecule has 2 atom stereocenters. The fraction of sp³-hybridized carbons (Fsp3) is 0.300. The van der Waals surface area contributed by atoms with Gasteiger partial charge in [0, 0.05) is 10.0 Å². The Morgan fingerprint density at radius 2 is 2.36 bits per heavy atom. The third kappa shape index (κ3) is 1.33. The fourth-order valence-electron chi connectivity index (χ4n) is 1.44. The van der Waals surface area contributed by atoms with Crippen molar-refractivity contribution in [1.82, 2.24) is 0 Å². The molecule has 0 radical (unpaired) electrons. The summed E-state index contributed by atoms with van der Waals surface area (Å²) in [6.07, 6.45) is -0.536. The van der Waals surface area contributed by atoms with Crippen LogP contribution in [0.15, 0.2) is 22.7 Å². The van der Waals surface area contributed by atoms with Gasteiger partial charge in [0.2, 0.25) is 0 Å². The van der Waals surface area contributed by atoms with Crippen molar-refractivity contribution in [3.05, 3.63) is 34.1 Å². The van der Waals surface area contributed by atoms with Crippen molar-refractivity contribution >= 4 is 15.9 Å². The van der Waals surface area contributed by atoms with Crippen LogP contribution in [-0.4, -0.2) is 6.10 Å². The van der Waals surface area contributed by atoms with Crippen molar-refractivity contribution in [2.24, 2.45) is 0 Å². The summed E-state index contributed by atoms with van der Waals surface area (Å²) in [7, 11) is 0. The molecule has 0 bridgehead atoms. The molecule has 1 saturated heterocycles. The van der Waals surface area contributed by atoms with E-state index in [1.54, 1.807) is 19.1 Å². The summed E-state index contributed by atoms with van der Waals surface area (Å²) < 4.78 is 19.3. The molecule has 0 saturated carbocycles. The van der Waals surface area contributed by atoms with Gasteiger partial charge in [-0.3, -0.25) is 0 Å². The second-order valence-electron chi connectivity index (χ2n) is 3.36. The largest absolute Gasteiger partial charge is 0.345 e. The normalized spacial score (nSPS) is 29.7. The minimum absolute atomic E-state index is 0.339. The zero-order chi connectivity index (χ0) is 10.3. The molecule has 1 fully saturated rings. The lowest BCUT2D eigenvalue weighted by molar-refractivity contribution is 0.314. The minimum Gasteiger partial charge on any atom is -0.345 e. The predicted octanol–water partition coefficient (Wildman–Crippen LogP) is 2.73. The minimum atomic E-state index is -0.775. The lowest BCUT2D eigenvalue weighted by atomic mass is 9.97. The summed E-state index contributed by atoms with van der Waals surface area (Å²) in [5.41, 5.74) is -0.346. The second-order valence-corrected chi connectivity index (χ2v) is 4.27. The zero-order valence-electron chi connectivity index (χ0n) is 7.42. The molecule has 1 aromatic carbocycles. The monoisotopic (exact) mass is 255 g/mol. The quantitative estimate of drug-likeness (QED) is 0.724. The summed E-state index contributed by atoms with van der Waals surface area (Å²) in [6, 6.07) is 6.59. The highest BCUT2D eigenvalue weighted by Gasteiger charge is 2.55. The van der Waals surface area contributed by atoms with Gasteiger partial charge in [-0.25, -0.2) is 4.39 Å². The van der Waals surface area contributed by atoms with Crippen LogP contribution in [0.4, 0.5) is 4.39 Å². The Morgan fingerprint density at radius 1 is 1.64 bits per heavy atom. The van der Waals surface area contributed by atoms with E-state index in [1.165, 1.54) is 6.07 Å². The molecule has 14 heavy (non-hydrogen) atoms. The molecule has 4 heteroatoms. The van der Waals surface area contributed by atoms with Gasteiger partial charge in [-0.15, -0.1) is 0 Å². The molecule has 0 spiro atoms. The average molecular weight is 256 g/mol. The van der Waals surface area contributed by atoms with Crippen LogP contribution >= 0.6 is 15.9 Å². The van der Waals surface area contributed by atoms with Gasteiger partial charge < -0.3 is 4.74 Å². The third-order valence-corrected chi connectivity index (χ3v) is 2.88. The van der Waals surface area contributed by atoms with Crippen molar-refractivity contribution < 1.29 is 9.13 Å².